The fraction of sp³-hybridized carbons (Fsp3) is 0.531. The minimum Gasteiger partial charge on any atom is -0.391 e. The number of nitrogens with zero attached hydrogens (tertiary/aromatic N) is 2. The number of hydrogen-bond acceptors (Lipinski definition) is 8. The van der Waals surface area contributed by atoms with E-state index in [1.807, 2.05) is 19.3 Å². The monoisotopic (exact) mass is 563 g/mol. The van der Waals surface area contributed by atoms with Crippen LogP contribution in [0.4, 0.5) is 0 Å². The molecule has 2 fully saturated rings. The van der Waals surface area contributed by atoms with Crippen molar-refractivity contribution in [3.05, 3.63) is 82.2 Å². The molecule has 1 aliphatic heterocycles. The average Bonchev–Trinajstić information content (AvgIpc) is 3.78. The molecule has 5 N–H and O–H groups in total. The molecule has 41 heavy (non-hydrogen) atoms. The number of aliphatic hydroxyl groups is 2. The van der Waals surface area contributed by atoms with Gasteiger partial charge in [-0.15, -0.1) is 0 Å². The Labute approximate surface area is 243 Å². The van der Waals surface area contributed by atoms with E-state index in [9.17, 15) is 15.0 Å². The molecule has 9 heteroatoms. The van der Waals surface area contributed by atoms with Crippen LogP contribution in [0.3, 0.4) is 0 Å². The standard InChI is InChI=1S/C32H45N5O4/c1-22-6-11-25(32-30(39)18-29(38)21-41-32)17-26(22)16-24-9-7-23(8-10-24)4-3-5-31(40)34-14-15-37(2)20-28(36-33)19-35-27-12-13-27/h6-11,17,19,27,29-30,32-33,35,38-39H,3-5,12-16,18,20-21H2,1-2H3,(H,34,40)/b28-19-,36-33?/t29?,30?,32-/m0/s1. The van der Waals surface area contributed by atoms with Crippen molar-refractivity contribution in [1.82, 2.24) is 15.5 Å². The van der Waals surface area contributed by atoms with Crippen molar-refractivity contribution in [2.24, 2.45) is 5.11 Å². The molecule has 1 aliphatic carbocycles. The van der Waals surface area contributed by atoms with Gasteiger partial charge in [0.25, 0.3) is 0 Å². The predicted octanol–water partition coefficient (Wildman–Crippen LogP) is 3.76. The first-order valence-corrected chi connectivity index (χ1v) is 14.7. The van der Waals surface area contributed by atoms with Crippen LogP contribution in [-0.2, 0) is 22.4 Å². The van der Waals surface area contributed by atoms with Gasteiger partial charge in [-0.25, -0.2) is 5.53 Å². The van der Waals surface area contributed by atoms with Gasteiger partial charge in [-0.05, 0) is 73.9 Å². The topological polar surface area (TPSA) is 130 Å². The lowest BCUT2D eigenvalue weighted by Crippen LogP contribution is -2.35. The van der Waals surface area contributed by atoms with Crippen LogP contribution in [0.1, 0.15) is 66.0 Å². The van der Waals surface area contributed by atoms with E-state index < -0.39 is 18.3 Å². The van der Waals surface area contributed by atoms with Crippen LogP contribution < -0.4 is 10.6 Å². The summed E-state index contributed by atoms with van der Waals surface area (Å²) in [7, 11) is 1.96. The highest BCUT2D eigenvalue weighted by Gasteiger charge is 2.30. The Morgan fingerprint density at radius 2 is 1.93 bits per heavy atom. The van der Waals surface area contributed by atoms with E-state index in [0.717, 1.165) is 24.8 Å². The summed E-state index contributed by atoms with van der Waals surface area (Å²) >= 11 is 0. The molecule has 9 nitrogen and oxygen atoms in total. The zero-order valence-electron chi connectivity index (χ0n) is 24.3. The lowest BCUT2D eigenvalue weighted by molar-refractivity contribution is -0.125. The van der Waals surface area contributed by atoms with Crippen molar-refractivity contribution in [3.63, 3.8) is 0 Å². The van der Waals surface area contributed by atoms with Gasteiger partial charge in [-0.3, -0.25) is 9.69 Å². The van der Waals surface area contributed by atoms with Gasteiger partial charge in [0.05, 0.1) is 24.5 Å². The third kappa shape index (κ3) is 10.0. The minimum atomic E-state index is -0.711. The summed E-state index contributed by atoms with van der Waals surface area (Å²) in [6.45, 7) is 4.17. The van der Waals surface area contributed by atoms with E-state index in [2.05, 4.69) is 64.0 Å². The summed E-state index contributed by atoms with van der Waals surface area (Å²) in [5.41, 5.74) is 13.8. The molecule has 1 saturated heterocycles. The zero-order valence-corrected chi connectivity index (χ0v) is 24.3. The average molecular weight is 564 g/mol. The molecule has 0 bridgehead atoms. The number of nitrogens with one attached hydrogen (secondary N) is 3. The van der Waals surface area contributed by atoms with Gasteiger partial charge in [0.1, 0.15) is 6.10 Å². The van der Waals surface area contributed by atoms with Gasteiger partial charge in [-0.2, -0.15) is 5.11 Å². The number of hydrogen-bond donors (Lipinski definition) is 5. The maximum atomic E-state index is 12.3. The number of amides is 1. The second kappa shape index (κ2) is 15.2. The summed E-state index contributed by atoms with van der Waals surface area (Å²) < 4.78 is 5.73. The van der Waals surface area contributed by atoms with Crippen LogP contribution in [0.5, 0.6) is 0 Å². The third-order valence-electron chi connectivity index (χ3n) is 7.77. The molecular weight excluding hydrogens is 518 g/mol. The maximum absolute atomic E-state index is 12.3. The van der Waals surface area contributed by atoms with E-state index in [-0.39, 0.29) is 12.5 Å². The van der Waals surface area contributed by atoms with E-state index in [0.29, 0.717) is 44.2 Å². The number of aliphatic hydroxyl groups excluding tert-OH is 2. The van der Waals surface area contributed by atoms with Crippen LogP contribution in [0, 0.1) is 12.5 Å². The Hall–Kier alpha value is -3.11. The molecule has 2 unspecified atom stereocenters. The van der Waals surface area contributed by atoms with Gasteiger partial charge in [0.15, 0.2) is 0 Å². The highest BCUT2D eigenvalue weighted by Crippen LogP contribution is 2.30. The van der Waals surface area contributed by atoms with E-state index in [1.54, 1.807) is 0 Å². The molecule has 4 rings (SSSR count). The fourth-order valence-electron chi connectivity index (χ4n) is 5.08. The van der Waals surface area contributed by atoms with Gasteiger partial charge in [0.2, 0.25) is 5.91 Å². The lowest BCUT2D eigenvalue weighted by Gasteiger charge is -2.31. The van der Waals surface area contributed by atoms with Crippen molar-refractivity contribution in [1.29, 1.82) is 5.53 Å². The van der Waals surface area contributed by atoms with Crippen molar-refractivity contribution in [2.45, 2.75) is 76.2 Å². The van der Waals surface area contributed by atoms with Crippen LogP contribution in [0.15, 0.2) is 59.5 Å². The van der Waals surface area contributed by atoms with Gasteiger partial charge in [0, 0.05) is 44.7 Å². The molecule has 1 heterocycles. The summed E-state index contributed by atoms with van der Waals surface area (Å²) in [4.78, 5) is 14.4. The Kier molecular flexibility index (Phi) is 11.4. The third-order valence-corrected chi connectivity index (χ3v) is 7.77. The molecule has 1 amide bonds. The van der Waals surface area contributed by atoms with Crippen LogP contribution in [0.25, 0.3) is 0 Å². The molecule has 0 spiro atoms. The molecule has 0 aromatic heterocycles. The number of aryl methyl sites for hydroxylation is 2. The first-order valence-electron chi connectivity index (χ1n) is 14.7. The van der Waals surface area contributed by atoms with Crippen molar-refractivity contribution in [2.75, 3.05) is 33.3 Å². The normalized spacial score (nSPS) is 21.1. The Morgan fingerprint density at radius 3 is 2.63 bits per heavy atom. The largest absolute Gasteiger partial charge is 0.391 e. The van der Waals surface area contributed by atoms with Gasteiger partial charge < -0.3 is 25.6 Å². The zero-order chi connectivity index (χ0) is 29.2. The molecule has 0 radical (unpaired) electrons. The van der Waals surface area contributed by atoms with Crippen molar-refractivity contribution >= 4 is 5.91 Å². The molecule has 222 valence electrons. The number of benzene rings is 2. The minimum absolute atomic E-state index is 0.0586. The van der Waals surface area contributed by atoms with Crippen LogP contribution in [0.2, 0.25) is 0 Å². The van der Waals surface area contributed by atoms with Gasteiger partial charge >= 0.3 is 0 Å². The van der Waals surface area contributed by atoms with Crippen LogP contribution >= 0.6 is 0 Å². The molecule has 3 atom stereocenters. The van der Waals surface area contributed by atoms with E-state index in [1.165, 1.54) is 35.1 Å². The Bertz CT molecular complexity index is 1180. The number of carbonyl (C=O) groups is 1. The smallest absolute Gasteiger partial charge is 0.220 e. The maximum Gasteiger partial charge on any atom is 0.220 e. The second-order valence-corrected chi connectivity index (χ2v) is 11.5. The van der Waals surface area contributed by atoms with E-state index >= 15 is 0 Å². The van der Waals surface area contributed by atoms with Crippen LogP contribution in [-0.4, -0.2) is 72.6 Å². The molecule has 2 aromatic rings. The van der Waals surface area contributed by atoms with Crippen molar-refractivity contribution < 1.29 is 19.7 Å². The number of rotatable bonds is 15. The first kappa shape index (κ1) is 30.8. The number of ether oxygens (including phenoxy) is 1. The molecule has 2 aromatic carbocycles. The Balaban J connectivity index is 1.16. The second-order valence-electron chi connectivity index (χ2n) is 11.5. The molecule has 1 saturated carbocycles. The van der Waals surface area contributed by atoms with E-state index in [4.69, 9.17) is 10.3 Å². The quantitative estimate of drug-likeness (QED) is 0.210. The molecule has 2 aliphatic rings. The summed E-state index contributed by atoms with van der Waals surface area (Å²) in [5, 5.41) is 30.0. The molecular formula is C32H45N5O4. The number of carbonyl (C=O) groups excluding carboxylic acids is 1. The Morgan fingerprint density at radius 1 is 1.17 bits per heavy atom. The van der Waals surface area contributed by atoms with Gasteiger partial charge in [-0.1, -0.05) is 42.5 Å². The summed E-state index contributed by atoms with van der Waals surface area (Å²) in [6, 6.07) is 15.3. The van der Waals surface area contributed by atoms with Crippen molar-refractivity contribution in [3.8, 4) is 0 Å². The fourth-order valence-corrected chi connectivity index (χ4v) is 5.08. The SMILES string of the molecule is Cc1ccc([C@@H]2OCC(O)CC2O)cc1Cc1ccc(CCCC(=O)NCCN(C)C/C(=C/NC2CC2)N=N)cc1. The number of likely N-dealkylation sites (N-methyl/N-ethyl adjacent to an activating group) is 1. The highest BCUT2D eigenvalue weighted by atomic mass is 16.5. The lowest BCUT2D eigenvalue weighted by atomic mass is 9.92. The summed E-state index contributed by atoms with van der Waals surface area (Å²) in [6.07, 6.45) is 5.70. The first-order chi connectivity index (χ1) is 19.8. The predicted molar refractivity (Wildman–Crippen MR) is 159 cm³/mol. The summed E-state index contributed by atoms with van der Waals surface area (Å²) in [5.74, 6) is 0.0586. The highest BCUT2D eigenvalue weighted by molar-refractivity contribution is 5.75.